The first-order valence-corrected chi connectivity index (χ1v) is 6.02. The third-order valence-corrected chi connectivity index (χ3v) is 3.10. The molecule has 2 nitrogen and oxygen atoms in total. The maximum absolute atomic E-state index is 5.86. The van der Waals surface area contributed by atoms with Crippen LogP contribution in [0.15, 0.2) is 23.2 Å². The molecule has 2 N–H and O–H groups in total. The highest BCUT2D eigenvalue weighted by atomic mass is 14.8. The third-order valence-electron chi connectivity index (χ3n) is 3.10. The molecule has 0 saturated heterocycles. The smallest absolute Gasteiger partial charge is 0.0971 e. The second-order valence-corrected chi connectivity index (χ2v) is 3.97. The van der Waals surface area contributed by atoms with Crippen LogP contribution in [-0.4, -0.2) is 12.9 Å². The van der Waals surface area contributed by atoms with Gasteiger partial charge < -0.3 is 5.73 Å². The van der Waals surface area contributed by atoms with E-state index in [-0.39, 0.29) is 0 Å². The van der Waals surface area contributed by atoms with Gasteiger partial charge in [0.05, 0.1) is 5.84 Å². The van der Waals surface area contributed by atoms with Crippen molar-refractivity contribution in [3.63, 3.8) is 0 Å². The van der Waals surface area contributed by atoms with Crippen LogP contribution in [0.4, 0.5) is 0 Å². The Labute approximate surface area is 98.6 Å². The number of fused-ring (bicyclic) bond motifs is 1. The van der Waals surface area contributed by atoms with Gasteiger partial charge in [0.2, 0.25) is 0 Å². The quantitative estimate of drug-likeness (QED) is 0.571. The molecule has 2 heteroatoms. The molecule has 0 bridgehead atoms. The van der Waals surface area contributed by atoms with E-state index in [2.05, 4.69) is 30.1 Å². The molecule has 0 saturated carbocycles. The number of rotatable bonds is 1. The fraction of sp³-hybridized carbons (Fsp3) is 0.500. The number of amidine groups is 1. The summed E-state index contributed by atoms with van der Waals surface area (Å²) in [5, 5.41) is 0. The summed E-state index contributed by atoms with van der Waals surface area (Å²) < 4.78 is 0. The normalized spacial score (nSPS) is 18.8. The number of hydrogen-bond donors (Lipinski definition) is 1. The van der Waals surface area contributed by atoms with E-state index in [4.69, 9.17) is 5.73 Å². The zero-order valence-corrected chi connectivity index (χ0v) is 10.7. The number of nitrogens with two attached hydrogens (primary N) is 1. The Morgan fingerprint density at radius 3 is 2.56 bits per heavy atom. The van der Waals surface area contributed by atoms with Crippen molar-refractivity contribution < 1.29 is 0 Å². The lowest BCUT2D eigenvalue weighted by Gasteiger charge is -2.06. The molecule has 1 unspecified atom stereocenters. The van der Waals surface area contributed by atoms with Crippen LogP contribution in [-0.2, 0) is 12.8 Å². The first kappa shape index (κ1) is 12.8. The lowest BCUT2D eigenvalue weighted by molar-refractivity contribution is 0.738. The molecule has 1 atom stereocenters. The molecule has 88 valence electrons. The second kappa shape index (κ2) is 5.69. The summed E-state index contributed by atoms with van der Waals surface area (Å²) in [4.78, 5) is 4.08. The average Bonchev–Trinajstić information content (AvgIpc) is 2.76. The molecule has 1 aliphatic carbocycles. The van der Waals surface area contributed by atoms with Gasteiger partial charge in [-0.15, -0.1) is 0 Å². The fourth-order valence-electron chi connectivity index (χ4n) is 2.22. The standard InChI is InChI=1S/C12H16N2.C2H6/c1-8-4-3-5-9-6-10(7-11(8)9)12(13)14-2;1-2/h3-5,10H,6-7H2,1-2H3,(H2,13,14);1-2H3. The number of nitrogens with zero attached hydrogens (tertiary/aromatic N) is 1. The van der Waals surface area contributed by atoms with E-state index in [0.29, 0.717) is 5.92 Å². The fourth-order valence-corrected chi connectivity index (χ4v) is 2.22. The van der Waals surface area contributed by atoms with Crippen LogP contribution < -0.4 is 5.73 Å². The Morgan fingerprint density at radius 2 is 2.00 bits per heavy atom. The predicted octanol–water partition coefficient (Wildman–Crippen LogP) is 2.72. The van der Waals surface area contributed by atoms with E-state index in [1.807, 2.05) is 13.8 Å². The number of aliphatic imine (C=N–C) groups is 1. The number of hydrogen-bond acceptors (Lipinski definition) is 1. The SMILES string of the molecule is CC.CN=C(N)C1Cc2cccc(C)c2C1. The Bertz CT molecular complexity index is 380. The second-order valence-electron chi connectivity index (χ2n) is 3.97. The maximum atomic E-state index is 5.86. The van der Waals surface area contributed by atoms with E-state index in [1.165, 1.54) is 16.7 Å². The van der Waals surface area contributed by atoms with Crippen molar-refractivity contribution in [2.24, 2.45) is 16.6 Å². The summed E-state index contributed by atoms with van der Waals surface area (Å²) in [5.41, 5.74) is 10.2. The molecular weight excluding hydrogens is 196 g/mol. The van der Waals surface area contributed by atoms with Gasteiger partial charge in [0.15, 0.2) is 0 Å². The summed E-state index contributed by atoms with van der Waals surface area (Å²) >= 11 is 0. The molecule has 16 heavy (non-hydrogen) atoms. The lowest BCUT2D eigenvalue weighted by Crippen LogP contribution is -2.23. The van der Waals surface area contributed by atoms with Crippen molar-refractivity contribution in [2.75, 3.05) is 7.05 Å². The molecule has 0 amide bonds. The van der Waals surface area contributed by atoms with Crippen LogP contribution in [0.2, 0.25) is 0 Å². The zero-order valence-electron chi connectivity index (χ0n) is 10.7. The minimum atomic E-state index is 0.427. The van der Waals surface area contributed by atoms with Gasteiger partial charge in [0, 0.05) is 13.0 Å². The van der Waals surface area contributed by atoms with Crippen LogP contribution >= 0.6 is 0 Å². The third kappa shape index (κ3) is 2.43. The van der Waals surface area contributed by atoms with Crippen LogP contribution in [0.1, 0.15) is 30.5 Å². The molecule has 0 fully saturated rings. The predicted molar refractivity (Wildman–Crippen MR) is 71.0 cm³/mol. The van der Waals surface area contributed by atoms with E-state index in [9.17, 15) is 0 Å². The van der Waals surface area contributed by atoms with Crippen LogP contribution in [0, 0.1) is 12.8 Å². The Morgan fingerprint density at radius 1 is 1.31 bits per heavy atom. The van der Waals surface area contributed by atoms with Crippen molar-refractivity contribution in [2.45, 2.75) is 33.6 Å². The summed E-state index contributed by atoms with van der Waals surface area (Å²) in [5.74, 6) is 1.22. The molecule has 1 aromatic rings. The van der Waals surface area contributed by atoms with Crippen molar-refractivity contribution >= 4 is 5.84 Å². The van der Waals surface area contributed by atoms with E-state index in [0.717, 1.165) is 18.7 Å². The molecular formula is C14H22N2. The van der Waals surface area contributed by atoms with E-state index >= 15 is 0 Å². The van der Waals surface area contributed by atoms with Gasteiger partial charge in [-0.1, -0.05) is 32.0 Å². The van der Waals surface area contributed by atoms with Gasteiger partial charge in [-0.25, -0.2) is 0 Å². The van der Waals surface area contributed by atoms with Gasteiger partial charge in [0.1, 0.15) is 0 Å². The zero-order chi connectivity index (χ0) is 12.1. The first-order chi connectivity index (χ1) is 7.72. The van der Waals surface area contributed by atoms with Crippen molar-refractivity contribution in [1.29, 1.82) is 0 Å². The first-order valence-electron chi connectivity index (χ1n) is 6.02. The van der Waals surface area contributed by atoms with E-state index < -0.39 is 0 Å². The average molecular weight is 218 g/mol. The van der Waals surface area contributed by atoms with Crippen LogP contribution in [0.25, 0.3) is 0 Å². The Balaban J connectivity index is 0.000000606. The van der Waals surface area contributed by atoms with Crippen molar-refractivity contribution in [3.8, 4) is 0 Å². The molecule has 2 rings (SSSR count). The van der Waals surface area contributed by atoms with E-state index in [1.54, 1.807) is 7.05 Å². The van der Waals surface area contributed by atoms with Gasteiger partial charge in [-0.3, -0.25) is 4.99 Å². The maximum Gasteiger partial charge on any atom is 0.0971 e. The summed E-state index contributed by atoms with van der Waals surface area (Å²) in [7, 11) is 1.77. The monoisotopic (exact) mass is 218 g/mol. The Hall–Kier alpha value is -1.31. The molecule has 0 spiro atoms. The van der Waals surface area contributed by atoms with Gasteiger partial charge in [0.25, 0.3) is 0 Å². The molecule has 0 aliphatic heterocycles. The molecule has 0 aromatic heterocycles. The topological polar surface area (TPSA) is 38.4 Å². The van der Waals surface area contributed by atoms with Gasteiger partial charge in [-0.05, 0) is 36.5 Å². The highest BCUT2D eigenvalue weighted by molar-refractivity contribution is 5.84. The van der Waals surface area contributed by atoms with Crippen molar-refractivity contribution in [1.82, 2.24) is 0 Å². The van der Waals surface area contributed by atoms with Crippen LogP contribution in [0.3, 0.4) is 0 Å². The highest BCUT2D eigenvalue weighted by Crippen LogP contribution is 2.29. The summed E-state index contributed by atoms with van der Waals surface area (Å²) in [6.07, 6.45) is 2.12. The highest BCUT2D eigenvalue weighted by Gasteiger charge is 2.24. The minimum Gasteiger partial charge on any atom is -0.387 e. The Kier molecular flexibility index (Phi) is 4.53. The molecule has 0 heterocycles. The van der Waals surface area contributed by atoms with Gasteiger partial charge >= 0.3 is 0 Å². The summed E-state index contributed by atoms with van der Waals surface area (Å²) in [6.45, 7) is 6.17. The minimum absolute atomic E-state index is 0.427. The van der Waals surface area contributed by atoms with Crippen molar-refractivity contribution in [3.05, 3.63) is 34.9 Å². The molecule has 1 aromatic carbocycles. The lowest BCUT2D eigenvalue weighted by atomic mass is 10.0. The summed E-state index contributed by atoms with van der Waals surface area (Å²) in [6, 6.07) is 6.49. The number of aryl methyl sites for hydroxylation is 1. The molecule has 0 radical (unpaired) electrons. The van der Waals surface area contributed by atoms with Crippen LogP contribution in [0.5, 0.6) is 0 Å². The van der Waals surface area contributed by atoms with Gasteiger partial charge in [-0.2, -0.15) is 0 Å². The largest absolute Gasteiger partial charge is 0.387 e. The number of benzene rings is 1. The molecule has 1 aliphatic rings.